The van der Waals surface area contributed by atoms with Crippen molar-refractivity contribution in [1.29, 1.82) is 0 Å². The van der Waals surface area contributed by atoms with Gasteiger partial charge in [-0.05, 0) is 66.6 Å². The lowest BCUT2D eigenvalue weighted by Crippen LogP contribution is -2.20. The normalized spacial score (nSPS) is 28.9. The molecule has 76 valence electrons. The summed E-state index contributed by atoms with van der Waals surface area (Å²) >= 11 is 2.25. The molecule has 0 N–H and O–H groups in total. The Hall–Kier alpha value is -0.160. The maximum absolute atomic E-state index is 13.1. The SMILES string of the molecule is CC1(C)O[C@](C)(I)c2ccc(F)cc21. The maximum atomic E-state index is 13.1. The molecule has 0 unspecified atom stereocenters. The Morgan fingerprint density at radius 2 is 1.86 bits per heavy atom. The molecule has 1 heterocycles. The predicted molar refractivity (Wildman–Crippen MR) is 61.9 cm³/mol. The topological polar surface area (TPSA) is 9.23 Å². The highest BCUT2D eigenvalue weighted by molar-refractivity contribution is 14.1. The second kappa shape index (κ2) is 2.92. The number of fused-ring (bicyclic) bond motifs is 1. The maximum Gasteiger partial charge on any atom is 0.143 e. The monoisotopic (exact) mass is 306 g/mol. The summed E-state index contributed by atoms with van der Waals surface area (Å²) in [5.74, 6) is -0.200. The molecule has 0 fully saturated rings. The van der Waals surface area contributed by atoms with E-state index >= 15 is 0 Å². The van der Waals surface area contributed by atoms with Gasteiger partial charge in [0.2, 0.25) is 0 Å². The lowest BCUT2D eigenvalue weighted by Gasteiger charge is -2.23. The van der Waals surface area contributed by atoms with Crippen LogP contribution < -0.4 is 0 Å². The van der Waals surface area contributed by atoms with Gasteiger partial charge in [-0.2, -0.15) is 0 Å². The first-order valence-corrected chi connectivity index (χ1v) is 5.60. The van der Waals surface area contributed by atoms with Crippen LogP contribution in [0.25, 0.3) is 0 Å². The first kappa shape index (κ1) is 10.4. The van der Waals surface area contributed by atoms with Gasteiger partial charge in [-0.15, -0.1) is 0 Å². The van der Waals surface area contributed by atoms with Crippen molar-refractivity contribution in [2.45, 2.75) is 30.0 Å². The zero-order valence-corrected chi connectivity index (χ0v) is 10.6. The largest absolute Gasteiger partial charge is 0.350 e. The van der Waals surface area contributed by atoms with Crippen LogP contribution in [0.5, 0.6) is 0 Å². The van der Waals surface area contributed by atoms with Gasteiger partial charge in [0.05, 0.1) is 5.60 Å². The molecule has 1 aromatic rings. The molecule has 1 aliphatic heterocycles. The van der Waals surface area contributed by atoms with Crippen LogP contribution in [0.4, 0.5) is 4.39 Å². The summed E-state index contributed by atoms with van der Waals surface area (Å²) in [5.41, 5.74) is 1.63. The van der Waals surface area contributed by atoms with Crippen LogP contribution in [0.1, 0.15) is 31.9 Å². The van der Waals surface area contributed by atoms with Crippen LogP contribution >= 0.6 is 22.6 Å². The van der Waals surface area contributed by atoms with Crippen LogP contribution in [-0.2, 0) is 13.9 Å². The van der Waals surface area contributed by atoms with Gasteiger partial charge in [-0.1, -0.05) is 6.07 Å². The van der Waals surface area contributed by atoms with Crippen LogP contribution in [-0.4, -0.2) is 0 Å². The Morgan fingerprint density at radius 3 is 2.50 bits per heavy atom. The fourth-order valence-corrected chi connectivity index (χ4v) is 3.01. The van der Waals surface area contributed by atoms with Gasteiger partial charge in [-0.3, -0.25) is 0 Å². The Morgan fingerprint density at radius 1 is 1.21 bits per heavy atom. The molecule has 0 bridgehead atoms. The number of ether oxygens (including phenoxy) is 1. The second-order valence-electron chi connectivity index (χ2n) is 4.22. The average molecular weight is 306 g/mol. The highest BCUT2D eigenvalue weighted by Crippen LogP contribution is 2.50. The highest BCUT2D eigenvalue weighted by Gasteiger charge is 2.44. The molecule has 0 aliphatic carbocycles. The molecular weight excluding hydrogens is 294 g/mol. The average Bonchev–Trinajstić information content (AvgIpc) is 2.17. The van der Waals surface area contributed by atoms with Crippen molar-refractivity contribution in [2.75, 3.05) is 0 Å². The van der Waals surface area contributed by atoms with Crippen molar-refractivity contribution in [3.8, 4) is 0 Å². The lowest BCUT2D eigenvalue weighted by atomic mass is 9.95. The van der Waals surface area contributed by atoms with E-state index in [0.717, 1.165) is 11.1 Å². The third-order valence-electron chi connectivity index (χ3n) is 2.56. The minimum atomic E-state index is -0.395. The molecular formula is C11H12FIO. The van der Waals surface area contributed by atoms with Crippen molar-refractivity contribution in [3.05, 3.63) is 35.1 Å². The van der Waals surface area contributed by atoms with Crippen molar-refractivity contribution in [1.82, 2.24) is 0 Å². The van der Waals surface area contributed by atoms with E-state index in [1.54, 1.807) is 6.07 Å². The van der Waals surface area contributed by atoms with Gasteiger partial charge in [0.1, 0.15) is 9.43 Å². The number of hydrogen-bond donors (Lipinski definition) is 0. The molecule has 2 rings (SSSR count). The minimum absolute atomic E-state index is 0.200. The Labute approximate surface area is 96.8 Å². The smallest absolute Gasteiger partial charge is 0.143 e. The fourth-order valence-electron chi connectivity index (χ4n) is 1.99. The zero-order chi connectivity index (χ0) is 10.6. The van der Waals surface area contributed by atoms with Crippen molar-refractivity contribution in [3.63, 3.8) is 0 Å². The second-order valence-corrected chi connectivity index (χ2v) is 6.28. The minimum Gasteiger partial charge on any atom is -0.350 e. The van der Waals surface area contributed by atoms with E-state index in [-0.39, 0.29) is 9.43 Å². The number of rotatable bonds is 0. The van der Waals surface area contributed by atoms with Gasteiger partial charge < -0.3 is 4.74 Å². The van der Waals surface area contributed by atoms with Gasteiger partial charge in [0.25, 0.3) is 0 Å². The molecule has 0 spiro atoms. The molecule has 1 atom stereocenters. The summed E-state index contributed by atoms with van der Waals surface area (Å²) < 4.78 is 18.6. The van der Waals surface area contributed by atoms with Crippen LogP contribution in [0.2, 0.25) is 0 Å². The van der Waals surface area contributed by atoms with Crippen LogP contribution in [0.3, 0.4) is 0 Å². The van der Waals surface area contributed by atoms with E-state index in [1.165, 1.54) is 6.07 Å². The van der Waals surface area contributed by atoms with Crippen molar-refractivity contribution < 1.29 is 9.13 Å². The summed E-state index contributed by atoms with van der Waals surface area (Å²) in [6, 6.07) is 4.87. The summed E-state index contributed by atoms with van der Waals surface area (Å²) in [7, 11) is 0. The van der Waals surface area contributed by atoms with E-state index in [1.807, 2.05) is 26.8 Å². The summed E-state index contributed by atoms with van der Waals surface area (Å²) in [6.07, 6.45) is 0. The summed E-state index contributed by atoms with van der Waals surface area (Å²) in [5, 5.41) is 0. The van der Waals surface area contributed by atoms with E-state index < -0.39 is 5.60 Å². The molecule has 0 radical (unpaired) electrons. The first-order chi connectivity index (χ1) is 6.33. The van der Waals surface area contributed by atoms with E-state index in [4.69, 9.17) is 4.74 Å². The third-order valence-corrected chi connectivity index (χ3v) is 3.36. The van der Waals surface area contributed by atoms with E-state index in [0.29, 0.717) is 0 Å². The standard InChI is InChI=1S/C11H12FIO/c1-10(2)9-6-7(12)4-5-8(9)11(3,13)14-10/h4-6H,1-3H3/t11-/m0/s1. The number of alkyl halides is 1. The number of benzene rings is 1. The highest BCUT2D eigenvalue weighted by atomic mass is 127. The quantitative estimate of drug-likeness (QED) is 0.524. The summed E-state index contributed by atoms with van der Waals surface area (Å²) in [4.78, 5) is 0. The number of hydrogen-bond acceptors (Lipinski definition) is 1. The van der Waals surface area contributed by atoms with E-state index in [2.05, 4.69) is 22.6 Å². The molecule has 1 aliphatic rings. The fraction of sp³-hybridized carbons (Fsp3) is 0.455. The van der Waals surface area contributed by atoms with Crippen LogP contribution in [0.15, 0.2) is 18.2 Å². The first-order valence-electron chi connectivity index (χ1n) is 4.52. The van der Waals surface area contributed by atoms with Crippen LogP contribution in [0, 0.1) is 5.82 Å². The Bertz CT molecular complexity index is 385. The van der Waals surface area contributed by atoms with Gasteiger partial charge in [0.15, 0.2) is 0 Å². The molecule has 0 amide bonds. The molecule has 1 nitrogen and oxygen atoms in total. The van der Waals surface area contributed by atoms with Crippen molar-refractivity contribution >= 4 is 22.6 Å². The predicted octanol–water partition coefficient (Wildman–Crippen LogP) is 3.70. The third kappa shape index (κ3) is 1.46. The summed E-state index contributed by atoms with van der Waals surface area (Å²) in [6.45, 7) is 5.93. The Balaban J connectivity index is 2.66. The van der Waals surface area contributed by atoms with Gasteiger partial charge in [0, 0.05) is 0 Å². The van der Waals surface area contributed by atoms with E-state index in [9.17, 15) is 4.39 Å². The van der Waals surface area contributed by atoms with Gasteiger partial charge >= 0.3 is 0 Å². The van der Waals surface area contributed by atoms with Crippen molar-refractivity contribution in [2.24, 2.45) is 0 Å². The molecule has 1 aromatic carbocycles. The zero-order valence-electron chi connectivity index (χ0n) is 8.40. The van der Waals surface area contributed by atoms with Gasteiger partial charge in [-0.25, -0.2) is 4.39 Å². The molecule has 14 heavy (non-hydrogen) atoms. The Kier molecular flexibility index (Phi) is 2.16. The molecule has 0 aromatic heterocycles. The molecule has 0 saturated heterocycles. The molecule has 3 heteroatoms. The lowest BCUT2D eigenvalue weighted by molar-refractivity contribution is -0.0541. The number of halogens is 2. The molecule has 0 saturated carbocycles.